The molecule has 2 heterocycles. The Kier molecular flexibility index (Phi) is 3.80. The van der Waals surface area contributed by atoms with E-state index >= 15 is 0 Å². The standard InChI is InChI=1S/C16H10FN3OS2/c17-11-7-5-10(6-8-11)15-20-19-14(21-15)9-22-16-18-12-3-1-2-4-13(12)23-16/h1-8H,9H2. The van der Waals surface area contributed by atoms with Gasteiger partial charge < -0.3 is 4.42 Å². The van der Waals surface area contributed by atoms with Crippen LogP contribution in [0.1, 0.15) is 5.89 Å². The summed E-state index contributed by atoms with van der Waals surface area (Å²) in [4.78, 5) is 4.55. The summed E-state index contributed by atoms with van der Waals surface area (Å²) in [6, 6.07) is 14.0. The first-order valence-corrected chi connectivity index (χ1v) is 8.65. The fraction of sp³-hybridized carbons (Fsp3) is 0.0625. The Morgan fingerprint density at radius 1 is 1.04 bits per heavy atom. The van der Waals surface area contributed by atoms with Crippen molar-refractivity contribution >= 4 is 33.3 Å². The van der Waals surface area contributed by atoms with Gasteiger partial charge in [0.1, 0.15) is 5.82 Å². The summed E-state index contributed by atoms with van der Waals surface area (Å²) in [5, 5.41) is 8.03. The molecule has 0 saturated carbocycles. The van der Waals surface area contributed by atoms with E-state index in [1.165, 1.54) is 12.1 Å². The Balaban J connectivity index is 1.48. The van der Waals surface area contributed by atoms with E-state index in [1.54, 1.807) is 35.2 Å². The highest BCUT2D eigenvalue weighted by Crippen LogP contribution is 2.31. The lowest BCUT2D eigenvalue weighted by Crippen LogP contribution is -1.79. The van der Waals surface area contributed by atoms with E-state index in [0.29, 0.717) is 23.1 Å². The number of rotatable bonds is 4. The molecule has 0 amide bonds. The van der Waals surface area contributed by atoms with Gasteiger partial charge in [0.25, 0.3) is 0 Å². The van der Waals surface area contributed by atoms with Gasteiger partial charge >= 0.3 is 0 Å². The van der Waals surface area contributed by atoms with Gasteiger partial charge in [0.05, 0.1) is 16.0 Å². The number of halogens is 1. The number of nitrogens with zero attached hydrogens (tertiary/aromatic N) is 3. The maximum absolute atomic E-state index is 12.9. The molecule has 0 aliphatic carbocycles. The van der Waals surface area contributed by atoms with Gasteiger partial charge in [-0.3, -0.25) is 0 Å². The molecular formula is C16H10FN3OS2. The van der Waals surface area contributed by atoms with Gasteiger partial charge in [-0.25, -0.2) is 9.37 Å². The molecule has 0 N–H and O–H groups in total. The van der Waals surface area contributed by atoms with E-state index in [2.05, 4.69) is 21.2 Å². The first-order valence-electron chi connectivity index (χ1n) is 6.84. The molecule has 114 valence electrons. The Hall–Kier alpha value is -2.25. The average Bonchev–Trinajstić information content (AvgIpc) is 3.20. The third kappa shape index (κ3) is 3.11. The van der Waals surface area contributed by atoms with Crippen LogP contribution in [0.15, 0.2) is 57.3 Å². The highest BCUT2D eigenvalue weighted by Gasteiger charge is 2.11. The highest BCUT2D eigenvalue weighted by molar-refractivity contribution is 8.00. The van der Waals surface area contributed by atoms with Crippen molar-refractivity contribution < 1.29 is 8.81 Å². The molecule has 7 heteroatoms. The molecule has 4 aromatic rings. The zero-order valence-corrected chi connectivity index (χ0v) is 13.4. The number of fused-ring (bicyclic) bond motifs is 1. The molecule has 0 fully saturated rings. The Bertz CT molecular complexity index is 916. The topological polar surface area (TPSA) is 51.8 Å². The van der Waals surface area contributed by atoms with Gasteiger partial charge in [0, 0.05) is 5.56 Å². The molecule has 0 aliphatic heterocycles. The van der Waals surface area contributed by atoms with E-state index in [9.17, 15) is 4.39 Å². The van der Waals surface area contributed by atoms with E-state index in [4.69, 9.17) is 4.42 Å². The van der Waals surface area contributed by atoms with Gasteiger partial charge in [-0.2, -0.15) is 0 Å². The normalized spacial score (nSPS) is 11.2. The van der Waals surface area contributed by atoms with E-state index in [1.807, 2.05) is 18.2 Å². The van der Waals surface area contributed by atoms with Gasteiger partial charge in [0.15, 0.2) is 4.34 Å². The minimum absolute atomic E-state index is 0.292. The number of hydrogen-bond acceptors (Lipinski definition) is 6. The molecule has 4 rings (SSSR count). The summed E-state index contributed by atoms with van der Waals surface area (Å²) in [5.41, 5.74) is 1.70. The molecule has 0 spiro atoms. The maximum atomic E-state index is 12.9. The molecule has 2 aromatic heterocycles. The van der Waals surface area contributed by atoms with Crippen molar-refractivity contribution in [3.63, 3.8) is 0 Å². The molecule has 4 nitrogen and oxygen atoms in total. The number of benzene rings is 2. The molecule has 0 unspecified atom stereocenters. The fourth-order valence-corrected chi connectivity index (χ4v) is 3.96. The van der Waals surface area contributed by atoms with Crippen LogP contribution in [0.4, 0.5) is 4.39 Å². The third-order valence-corrected chi connectivity index (χ3v) is 5.32. The lowest BCUT2D eigenvalue weighted by atomic mass is 10.2. The smallest absolute Gasteiger partial charge is 0.247 e. The molecular weight excluding hydrogens is 333 g/mol. The number of hydrogen-bond donors (Lipinski definition) is 0. The van der Waals surface area contributed by atoms with Crippen LogP contribution < -0.4 is 0 Å². The summed E-state index contributed by atoms with van der Waals surface area (Å²) in [5.74, 6) is 1.17. The highest BCUT2D eigenvalue weighted by atomic mass is 32.2. The number of thioether (sulfide) groups is 1. The monoisotopic (exact) mass is 343 g/mol. The van der Waals surface area contributed by atoms with Crippen molar-refractivity contribution in [1.29, 1.82) is 0 Å². The van der Waals surface area contributed by atoms with E-state index < -0.39 is 0 Å². The number of para-hydroxylation sites is 1. The molecule has 2 aromatic carbocycles. The van der Waals surface area contributed by atoms with Crippen molar-refractivity contribution in [3.8, 4) is 11.5 Å². The van der Waals surface area contributed by atoms with Crippen molar-refractivity contribution in [2.75, 3.05) is 0 Å². The first kappa shape index (κ1) is 14.3. The predicted molar refractivity (Wildman–Crippen MR) is 88.9 cm³/mol. The number of aromatic nitrogens is 3. The number of thiazole rings is 1. The molecule has 0 aliphatic rings. The fourth-order valence-electron chi connectivity index (χ4n) is 2.06. The lowest BCUT2D eigenvalue weighted by molar-refractivity contribution is 0.528. The predicted octanol–water partition coefficient (Wildman–Crippen LogP) is 4.78. The van der Waals surface area contributed by atoms with Gasteiger partial charge in [0.2, 0.25) is 11.8 Å². The van der Waals surface area contributed by atoms with Gasteiger partial charge in [-0.05, 0) is 36.4 Å². The van der Waals surface area contributed by atoms with Crippen LogP contribution in [0, 0.1) is 5.82 Å². The van der Waals surface area contributed by atoms with Gasteiger partial charge in [-0.1, -0.05) is 23.9 Å². The van der Waals surface area contributed by atoms with Crippen LogP contribution in [-0.4, -0.2) is 15.2 Å². The van der Waals surface area contributed by atoms with Crippen molar-refractivity contribution in [2.24, 2.45) is 0 Å². The van der Waals surface area contributed by atoms with Crippen LogP contribution in [0.5, 0.6) is 0 Å². The van der Waals surface area contributed by atoms with Crippen molar-refractivity contribution in [2.45, 2.75) is 10.1 Å². The summed E-state index contributed by atoms with van der Waals surface area (Å²) >= 11 is 3.20. The molecule has 23 heavy (non-hydrogen) atoms. The molecule has 0 saturated heterocycles. The Labute approximate surface area is 139 Å². The van der Waals surface area contributed by atoms with Gasteiger partial charge in [-0.15, -0.1) is 21.5 Å². The summed E-state index contributed by atoms with van der Waals surface area (Å²) in [6.07, 6.45) is 0. The second kappa shape index (κ2) is 6.10. The minimum atomic E-state index is -0.292. The Morgan fingerprint density at radius 3 is 2.70 bits per heavy atom. The zero-order valence-electron chi connectivity index (χ0n) is 11.8. The third-order valence-electron chi connectivity index (χ3n) is 3.15. The summed E-state index contributed by atoms with van der Waals surface area (Å²) < 4.78 is 20.7. The van der Waals surface area contributed by atoms with Crippen LogP contribution in [0.2, 0.25) is 0 Å². The maximum Gasteiger partial charge on any atom is 0.247 e. The second-order valence-corrected chi connectivity index (χ2v) is 7.00. The molecule has 0 atom stereocenters. The van der Waals surface area contributed by atoms with Crippen molar-refractivity contribution in [1.82, 2.24) is 15.2 Å². The average molecular weight is 343 g/mol. The zero-order chi connectivity index (χ0) is 15.6. The van der Waals surface area contributed by atoms with Crippen LogP contribution in [-0.2, 0) is 5.75 Å². The Morgan fingerprint density at radius 2 is 1.87 bits per heavy atom. The quantitative estimate of drug-likeness (QED) is 0.499. The molecule has 0 radical (unpaired) electrons. The van der Waals surface area contributed by atoms with Crippen LogP contribution in [0.3, 0.4) is 0 Å². The summed E-state index contributed by atoms with van der Waals surface area (Å²) in [6.45, 7) is 0. The van der Waals surface area contributed by atoms with E-state index in [-0.39, 0.29) is 5.82 Å². The van der Waals surface area contributed by atoms with Crippen molar-refractivity contribution in [3.05, 3.63) is 60.2 Å². The SMILES string of the molecule is Fc1ccc(-c2nnc(CSc3nc4ccccc4s3)o2)cc1. The minimum Gasteiger partial charge on any atom is -0.420 e. The summed E-state index contributed by atoms with van der Waals surface area (Å²) in [7, 11) is 0. The second-order valence-electron chi connectivity index (χ2n) is 4.74. The lowest BCUT2D eigenvalue weighted by Gasteiger charge is -1.94. The van der Waals surface area contributed by atoms with Crippen LogP contribution in [0.25, 0.3) is 21.7 Å². The largest absolute Gasteiger partial charge is 0.420 e. The van der Waals surface area contributed by atoms with E-state index in [0.717, 1.165) is 14.6 Å². The van der Waals surface area contributed by atoms with Crippen LogP contribution >= 0.6 is 23.1 Å². The first-order chi connectivity index (χ1) is 11.3. The molecule has 0 bridgehead atoms.